The van der Waals surface area contributed by atoms with Crippen LogP contribution in [0.15, 0.2) is 24.3 Å². The highest BCUT2D eigenvalue weighted by atomic mass is 16.2. The van der Waals surface area contributed by atoms with Crippen molar-refractivity contribution in [3.63, 3.8) is 0 Å². The number of para-hydroxylation sites is 1. The summed E-state index contributed by atoms with van der Waals surface area (Å²) in [6, 6.07) is 6.06. The first kappa shape index (κ1) is 16.2. The topological polar surface area (TPSA) is 95.6 Å². The molecule has 7 nitrogen and oxygen atoms in total. The van der Waals surface area contributed by atoms with Crippen molar-refractivity contribution in [2.75, 3.05) is 11.9 Å². The molecule has 3 rings (SSSR count). The third kappa shape index (κ3) is 2.77. The number of nitrogens with zero attached hydrogens (tertiary/aromatic N) is 1. The lowest BCUT2D eigenvalue weighted by molar-refractivity contribution is -0.134. The van der Waals surface area contributed by atoms with Gasteiger partial charge in [-0.2, -0.15) is 0 Å². The van der Waals surface area contributed by atoms with Gasteiger partial charge >= 0.3 is 6.03 Å². The van der Waals surface area contributed by atoms with Gasteiger partial charge in [-0.05, 0) is 44.7 Å². The van der Waals surface area contributed by atoms with Gasteiger partial charge in [0.1, 0.15) is 12.1 Å². The molecule has 0 bridgehead atoms. The van der Waals surface area contributed by atoms with E-state index in [9.17, 15) is 19.2 Å². The zero-order valence-electron chi connectivity index (χ0n) is 13.6. The quantitative estimate of drug-likeness (QED) is 0.633. The molecule has 2 aliphatic rings. The lowest BCUT2D eigenvalue weighted by atomic mass is 9.96. The first-order valence-corrected chi connectivity index (χ1v) is 7.87. The van der Waals surface area contributed by atoms with Gasteiger partial charge in [0.2, 0.25) is 5.91 Å². The first-order chi connectivity index (χ1) is 11.3. The zero-order chi connectivity index (χ0) is 17.5. The van der Waals surface area contributed by atoms with Crippen LogP contribution in [0.4, 0.5) is 10.5 Å². The number of rotatable bonds is 5. The number of ketones is 1. The molecule has 0 radical (unpaired) electrons. The molecule has 0 aromatic heterocycles. The Kier molecular flexibility index (Phi) is 3.87. The molecule has 1 unspecified atom stereocenters. The maximum absolute atomic E-state index is 12.5. The highest BCUT2D eigenvalue weighted by Crippen LogP contribution is 2.42. The monoisotopic (exact) mass is 329 g/mol. The van der Waals surface area contributed by atoms with Crippen molar-refractivity contribution >= 4 is 29.3 Å². The molecular weight excluding hydrogens is 310 g/mol. The minimum absolute atomic E-state index is 0.139. The van der Waals surface area contributed by atoms with Crippen LogP contribution in [-0.2, 0) is 9.59 Å². The SMILES string of the molecule is CC(=O)c1ccccc1NC(=O)CN1C(=O)NC(C)(C2CC2)C1=O. The number of amides is 4. The molecular formula is C17H19N3O4. The van der Waals surface area contributed by atoms with Gasteiger partial charge in [0.05, 0.1) is 5.69 Å². The molecule has 1 saturated carbocycles. The van der Waals surface area contributed by atoms with Gasteiger partial charge in [0, 0.05) is 5.56 Å². The molecule has 126 valence electrons. The van der Waals surface area contributed by atoms with Crippen molar-refractivity contribution < 1.29 is 19.2 Å². The van der Waals surface area contributed by atoms with E-state index < -0.39 is 17.5 Å². The predicted molar refractivity (Wildman–Crippen MR) is 86.4 cm³/mol. The molecule has 2 fully saturated rings. The lowest BCUT2D eigenvalue weighted by Crippen LogP contribution is -2.46. The number of anilines is 1. The fraction of sp³-hybridized carbons (Fsp3) is 0.412. The fourth-order valence-corrected chi connectivity index (χ4v) is 3.03. The van der Waals surface area contributed by atoms with E-state index >= 15 is 0 Å². The van der Waals surface area contributed by atoms with Crippen LogP contribution in [0, 0.1) is 5.92 Å². The summed E-state index contributed by atoms with van der Waals surface area (Å²) in [5, 5.41) is 5.29. The zero-order valence-corrected chi connectivity index (χ0v) is 13.6. The number of urea groups is 1. The van der Waals surface area contributed by atoms with E-state index in [1.54, 1.807) is 31.2 Å². The van der Waals surface area contributed by atoms with Crippen LogP contribution >= 0.6 is 0 Å². The standard InChI is InChI=1S/C17H19N3O4/c1-10(21)12-5-3-4-6-13(12)18-14(22)9-20-15(23)17(2,11-7-8-11)19-16(20)24/h3-6,11H,7-9H2,1-2H3,(H,18,22)(H,19,24). The lowest BCUT2D eigenvalue weighted by Gasteiger charge is -2.20. The summed E-state index contributed by atoms with van der Waals surface area (Å²) in [4.78, 5) is 49.3. The summed E-state index contributed by atoms with van der Waals surface area (Å²) in [5.74, 6) is -0.931. The second-order valence-corrected chi connectivity index (χ2v) is 6.45. The van der Waals surface area contributed by atoms with Crippen LogP contribution in [0.5, 0.6) is 0 Å². The van der Waals surface area contributed by atoms with E-state index in [0.717, 1.165) is 17.7 Å². The van der Waals surface area contributed by atoms with Crippen molar-refractivity contribution in [2.24, 2.45) is 5.92 Å². The molecule has 1 heterocycles. The van der Waals surface area contributed by atoms with Crippen LogP contribution in [0.3, 0.4) is 0 Å². The molecule has 1 aliphatic heterocycles. The van der Waals surface area contributed by atoms with Gasteiger partial charge in [-0.3, -0.25) is 19.3 Å². The highest BCUT2D eigenvalue weighted by Gasteiger charge is 2.56. The predicted octanol–water partition coefficient (Wildman–Crippen LogP) is 1.55. The molecule has 2 N–H and O–H groups in total. The Morgan fingerprint density at radius 1 is 1.29 bits per heavy atom. The molecule has 0 spiro atoms. The largest absolute Gasteiger partial charge is 0.325 e. The van der Waals surface area contributed by atoms with Crippen molar-refractivity contribution in [1.82, 2.24) is 10.2 Å². The van der Waals surface area contributed by atoms with E-state index in [1.807, 2.05) is 0 Å². The van der Waals surface area contributed by atoms with Gasteiger partial charge in [0.25, 0.3) is 5.91 Å². The van der Waals surface area contributed by atoms with Crippen LogP contribution in [0.1, 0.15) is 37.0 Å². The van der Waals surface area contributed by atoms with Crippen molar-refractivity contribution in [1.29, 1.82) is 0 Å². The molecule has 1 aromatic carbocycles. The Morgan fingerprint density at radius 3 is 2.58 bits per heavy atom. The minimum Gasteiger partial charge on any atom is -0.324 e. The average molecular weight is 329 g/mol. The molecule has 4 amide bonds. The molecule has 1 saturated heterocycles. The third-order valence-corrected chi connectivity index (χ3v) is 4.58. The summed E-state index contributed by atoms with van der Waals surface area (Å²) >= 11 is 0. The van der Waals surface area contributed by atoms with Crippen molar-refractivity contribution in [3.05, 3.63) is 29.8 Å². The van der Waals surface area contributed by atoms with Crippen molar-refractivity contribution in [3.8, 4) is 0 Å². The summed E-state index contributed by atoms with van der Waals surface area (Å²) in [7, 11) is 0. The van der Waals surface area contributed by atoms with Crippen molar-refractivity contribution in [2.45, 2.75) is 32.2 Å². The Morgan fingerprint density at radius 2 is 1.96 bits per heavy atom. The van der Waals surface area contributed by atoms with Crippen LogP contribution in [-0.4, -0.2) is 40.6 Å². The van der Waals surface area contributed by atoms with E-state index in [1.165, 1.54) is 6.92 Å². The Labute approximate surface area is 139 Å². The van der Waals surface area contributed by atoms with Gasteiger partial charge in [-0.1, -0.05) is 12.1 Å². The highest BCUT2D eigenvalue weighted by molar-refractivity contribution is 6.11. The fourth-order valence-electron chi connectivity index (χ4n) is 3.03. The Bertz CT molecular complexity index is 741. The first-order valence-electron chi connectivity index (χ1n) is 7.87. The number of Topliss-reactive ketones (excluding diaryl/α,β-unsaturated/α-hetero) is 1. The summed E-state index contributed by atoms with van der Waals surface area (Å²) < 4.78 is 0. The Hall–Kier alpha value is -2.70. The van der Waals surface area contributed by atoms with Gasteiger partial charge in [-0.25, -0.2) is 4.79 Å². The number of carbonyl (C=O) groups is 4. The number of hydrogen-bond donors (Lipinski definition) is 2. The maximum atomic E-state index is 12.5. The summed E-state index contributed by atoms with van der Waals surface area (Å²) in [6.45, 7) is 2.73. The molecule has 1 aromatic rings. The number of benzene rings is 1. The maximum Gasteiger partial charge on any atom is 0.325 e. The molecule has 7 heteroatoms. The average Bonchev–Trinajstić information content (AvgIpc) is 3.34. The van der Waals surface area contributed by atoms with Crippen LogP contribution < -0.4 is 10.6 Å². The Balaban J connectivity index is 1.71. The number of carbonyl (C=O) groups excluding carboxylic acids is 4. The second-order valence-electron chi connectivity index (χ2n) is 6.45. The molecule has 1 atom stereocenters. The van der Waals surface area contributed by atoms with E-state index in [-0.39, 0.29) is 24.2 Å². The van der Waals surface area contributed by atoms with E-state index in [4.69, 9.17) is 0 Å². The number of nitrogens with one attached hydrogen (secondary N) is 2. The number of imide groups is 1. The number of hydrogen-bond acceptors (Lipinski definition) is 4. The molecule has 24 heavy (non-hydrogen) atoms. The van der Waals surface area contributed by atoms with Crippen LogP contribution in [0.2, 0.25) is 0 Å². The molecule has 1 aliphatic carbocycles. The van der Waals surface area contributed by atoms with Gasteiger partial charge in [-0.15, -0.1) is 0 Å². The second kappa shape index (κ2) is 5.74. The van der Waals surface area contributed by atoms with Crippen LogP contribution in [0.25, 0.3) is 0 Å². The normalized spacial score (nSPS) is 23.2. The van der Waals surface area contributed by atoms with E-state index in [2.05, 4.69) is 10.6 Å². The minimum atomic E-state index is -0.908. The summed E-state index contributed by atoms with van der Waals surface area (Å²) in [6.07, 6.45) is 1.79. The summed E-state index contributed by atoms with van der Waals surface area (Å²) in [5.41, 5.74) is -0.160. The smallest absolute Gasteiger partial charge is 0.324 e. The third-order valence-electron chi connectivity index (χ3n) is 4.58. The van der Waals surface area contributed by atoms with E-state index in [0.29, 0.717) is 11.3 Å². The van der Waals surface area contributed by atoms with Gasteiger partial charge < -0.3 is 10.6 Å². The van der Waals surface area contributed by atoms with Gasteiger partial charge in [0.15, 0.2) is 5.78 Å².